The molecular formula is C22H36O6P2. The number of benzene rings is 1. The average Bonchev–Trinajstić information content (AvgIpc) is 2.56. The summed E-state index contributed by atoms with van der Waals surface area (Å²) in [7, 11) is -6.67. The van der Waals surface area contributed by atoms with Gasteiger partial charge in [0.25, 0.3) is 0 Å². The molecule has 0 heterocycles. The van der Waals surface area contributed by atoms with E-state index >= 15 is 0 Å². The molecule has 170 valence electrons. The Hall–Kier alpha value is -1.00. The van der Waals surface area contributed by atoms with Gasteiger partial charge in [0.1, 0.15) is 0 Å². The lowest BCUT2D eigenvalue weighted by atomic mass is 10.1. The highest BCUT2D eigenvalue weighted by atomic mass is 31.2. The van der Waals surface area contributed by atoms with Crippen molar-refractivity contribution in [1.82, 2.24) is 0 Å². The van der Waals surface area contributed by atoms with Crippen LogP contribution in [0.1, 0.15) is 66.5 Å². The molecule has 0 spiro atoms. The van der Waals surface area contributed by atoms with E-state index in [9.17, 15) is 9.13 Å². The van der Waals surface area contributed by atoms with Gasteiger partial charge in [-0.15, -0.1) is 0 Å². The van der Waals surface area contributed by atoms with Crippen molar-refractivity contribution in [1.29, 1.82) is 0 Å². The zero-order valence-electron chi connectivity index (χ0n) is 19.3. The zero-order valence-corrected chi connectivity index (χ0v) is 21.1. The summed E-state index contributed by atoms with van der Waals surface area (Å²) >= 11 is 0. The zero-order chi connectivity index (χ0) is 22.9. The Morgan fingerprint density at radius 1 is 0.567 bits per heavy atom. The predicted octanol–water partition coefficient (Wildman–Crippen LogP) is 7.71. The summed E-state index contributed by atoms with van der Waals surface area (Å²) in [5.74, 6) is 2.97. The second-order valence-electron chi connectivity index (χ2n) is 7.99. The summed E-state index contributed by atoms with van der Waals surface area (Å²) in [6.45, 7) is 14.5. The molecular weight excluding hydrogens is 422 g/mol. The molecule has 0 N–H and O–H groups in total. The molecule has 0 aliphatic carbocycles. The van der Waals surface area contributed by atoms with Gasteiger partial charge in [-0.1, -0.05) is 24.3 Å². The Labute approximate surface area is 181 Å². The lowest BCUT2D eigenvalue weighted by molar-refractivity contribution is 0.148. The summed E-state index contributed by atoms with van der Waals surface area (Å²) in [5, 5.41) is 0. The molecule has 0 unspecified atom stereocenters. The summed E-state index contributed by atoms with van der Waals surface area (Å²) < 4.78 is 47.8. The van der Waals surface area contributed by atoms with Crippen LogP contribution in [0.25, 0.3) is 12.2 Å². The average molecular weight is 458 g/mol. The fraction of sp³-hybridized carbons (Fsp3) is 0.545. The van der Waals surface area contributed by atoms with Gasteiger partial charge in [0.05, 0.1) is 24.4 Å². The Morgan fingerprint density at radius 2 is 0.800 bits per heavy atom. The molecule has 0 atom stereocenters. The quantitative estimate of drug-likeness (QED) is 0.299. The predicted molar refractivity (Wildman–Crippen MR) is 125 cm³/mol. The van der Waals surface area contributed by atoms with Gasteiger partial charge in [0.2, 0.25) is 0 Å². The Balaban J connectivity index is 2.96. The Kier molecular flexibility index (Phi) is 10.9. The minimum absolute atomic E-state index is 0.219. The van der Waals surface area contributed by atoms with Crippen molar-refractivity contribution in [2.75, 3.05) is 0 Å². The molecule has 0 bridgehead atoms. The molecule has 0 radical (unpaired) electrons. The van der Waals surface area contributed by atoms with E-state index in [-0.39, 0.29) is 24.4 Å². The minimum atomic E-state index is -3.34. The summed E-state index contributed by atoms with van der Waals surface area (Å²) in [6.07, 6.45) is 2.56. The second-order valence-corrected chi connectivity index (χ2v) is 11.6. The van der Waals surface area contributed by atoms with Crippen molar-refractivity contribution in [3.8, 4) is 0 Å². The van der Waals surface area contributed by atoms with Crippen LogP contribution in [0.4, 0.5) is 0 Å². The molecule has 0 aliphatic heterocycles. The minimum Gasteiger partial charge on any atom is -0.303 e. The van der Waals surface area contributed by atoms with Gasteiger partial charge in [-0.25, -0.2) is 0 Å². The highest BCUT2D eigenvalue weighted by molar-refractivity contribution is 7.57. The van der Waals surface area contributed by atoms with Gasteiger partial charge >= 0.3 is 15.2 Å². The number of rotatable bonds is 12. The second kappa shape index (κ2) is 12.1. The van der Waals surface area contributed by atoms with Crippen molar-refractivity contribution in [2.45, 2.75) is 79.8 Å². The maximum absolute atomic E-state index is 12.9. The molecule has 0 amide bonds. The van der Waals surface area contributed by atoms with Crippen LogP contribution in [0.3, 0.4) is 0 Å². The van der Waals surface area contributed by atoms with Gasteiger partial charge in [-0.2, -0.15) is 0 Å². The number of hydrogen-bond donors (Lipinski definition) is 0. The molecule has 30 heavy (non-hydrogen) atoms. The van der Waals surface area contributed by atoms with Crippen LogP contribution in [0.15, 0.2) is 35.9 Å². The summed E-state index contributed by atoms with van der Waals surface area (Å²) in [4.78, 5) is 0. The third-order valence-electron chi connectivity index (χ3n) is 3.27. The smallest absolute Gasteiger partial charge is 0.303 e. The van der Waals surface area contributed by atoms with Crippen LogP contribution in [0.2, 0.25) is 0 Å². The molecule has 1 rings (SSSR count). The first-order valence-electron chi connectivity index (χ1n) is 10.2. The van der Waals surface area contributed by atoms with Crippen molar-refractivity contribution in [3.63, 3.8) is 0 Å². The SMILES string of the molecule is CC(C)OP(=O)(/C=C/c1ccc(/C=C/P(=O)(OC(C)C)OC(C)C)cc1)OC(C)C. The fourth-order valence-electron chi connectivity index (χ4n) is 2.44. The molecule has 1 aromatic carbocycles. The van der Waals surface area contributed by atoms with Gasteiger partial charge in [-0.3, -0.25) is 9.13 Å². The third kappa shape index (κ3) is 10.9. The van der Waals surface area contributed by atoms with Crippen LogP contribution in [0.5, 0.6) is 0 Å². The molecule has 0 aliphatic rings. The van der Waals surface area contributed by atoms with Crippen LogP contribution < -0.4 is 0 Å². The van der Waals surface area contributed by atoms with E-state index in [0.29, 0.717) is 0 Å². The van der Waals surface area contributed by atoms with Crippen LogP contribution >= 0.6 is 15.2 Å². The van der Waals surface area contributed by atoms with Gasteiger partial charge in [0, 0.05) is 11.6 Å². The van der Waals surface area contributed by atoms with Gasteiger partial charge < -0.3 is 18.1 Å². The van der Waals surface area contributed by atoms with Crippen LogP contribution in [0, 0.1) is 0 Å². The fourth-order valence-corrected chi connectivity index (χ4v) is 5.88. The van der Waals surface area contributed by atoms with E-state index in [1.54, 1.807) is 12.2 Å². The molecule has 0 saturated carbocycles. The first-order chi connectivity index (χ1) is 13.8. The third-order valence-corrected chi connectivity index (χ3v) is 7.16. The van der Waals surface area contributed by atoms with Crippen LogP contribution in [-0.2, 0) is 27.2 Å². The Bertz CT molecular complexity index is 699. The largest absolute Gasteiger partial charge is 0.354 e. The molecule has 0 aromatic heterocycles. The van der Waals surface area contributed by atoms with E-state index in [1.807, 2.05) is 79.7 Å². The highest BCUT2D eigenvalue weighted by Crippen LogP contribution is 2.53. The van der Waals surface area contributed by atoms with Gasteiger partial charge in [0.15, 0.2) is 0 Å². The molecule has 0 fully saturated rings. The lowest BCUT2D eigenvalue weighted by Gasteiger charge is -2.20. The van der Waals surface area contributed by atoms with E-state index in [0.717, 1.165) is 11.1 Å². The monoisotopic (exact) mass is 458 g/mol. The normalized spacial score (nSPS) is 13.7. The molecule has 0 saturated heterocycles. The summed E-state index contributed by atoms with van der Waals surface area (Å²) in [5.41, 5.74) is 1.68. The molecule has 6 nitrogen and oxygen atoms in total. The topological polar surface area (TPSA) is 71.1 Å². The van der Waals surface area contributed by atoms with E-state index in [1.165, 1.54) is 11.6 Å². The molecule has 1 aromatic rings. The van der Waals surface area contributed by atoms with Crippen molar-refractivity contribution < 1.29 is 27.2 Å². The lowest BCUT2D eigenvalue weighted by Crippen LogP contribution is -2.06. The van der Waals surface area contributed by atoms with Gasteiger partial charge in [-0.05, 0) is 78.7 Å². The first kappa shape index (κ1) is 27.0. The van der Waals surface area contributed by atoms with E-state index in [4.69, 9.17) is 18.1 Å². The van der Waals surface area contributed by atoms with E-state index < -0.39 is 15.2 Å². The van der Waals surface area contributed by atoms with Crippen molar-refractivity contribution >= 4 is 27.3 Å². The standard InChI is InChI=1S/C22H36O6P2/c1-17(2)25-29(23,26-18(3)4)15-13-21-9-11-22(12-10-21)14-16-30(24,27-19(5)6)28-20(7)8/h9-20H,1-8H3/b15-13+,16-14+. The van der Waals surface area contributed by atoms with Crippen LogP contribution in [-0.4, -0.2) is 24.4 Å². The highest BCUT2D eigenvalue weighted by Gasteiger charge is 2.25. The molecule has 8 heteroatoms. The maximum Gasteiger partial charge on any atom is 0.354 e. The Morgan fingerprint density at radius 3 is 1.00 bits per heavy atom. The maximum atomic E-state index is 12.9. The van der Waals surface area contributed by atoms with Crippen molar-refractivity contribution in [2.24, 2.45) is 0 Å². The summed E-state index contributed by atoms with van der Waals surface area (Å²) in [6, 6.07) is 7.46. The van der Waals surface area contributed by atoms with Crippen molar-refractivity contribution in [3.05, 3.63) is 47.0 Å². The number of hydrogen-bond acceptors (Lipinski definition) is 6. The first-order valence-corrected chi connectivity index (χ1v) is 13.5. The van der Waals surface area contributed by atoms with E-state index in [2.05, 4.69) is 0 Å².